The van der Waals surface area contributed by atoms with Crippen molar-refractivity contribution >= 4 is 0 Å². The molecule has 0 aromatic carbocycles. The van der Waals surface area contributed by atoms with Gasteiger partial charge in [0.1, 0.15) is 0 Å². The van der Waals surface area contributed by atoms with Gasteiger partial charge in [-0.3, -0.25) is 4.90 Å². The molecular formula is C15H30N2. The third kappa shape index (κ3) is 3.69. The Balaban J connectivity index is 1.68. The van der Waals surface area contributed by atoms with E-state index < -0.39 is 0 Å². The summed E-state index contributed by atoms with van der Waals surface area (Å²) >= 11 is 0. The van der Waals surface area contributed by atoms with Gasteiger partial charge in [-0.15, -0.1) is 0 Å². The molecule has 17 heavy (non-hydrogen) atoms. The van der Waals surface area contributed by atoms with Crippen LogP contribution in [0, 0.1) is 11.3 Å². The molecule has 2 aliphatic rings. The minimum Gasteiger partial charge on any atom is -0.312 e. The van der Waals surface area contributed by atoms with Crippen LogP contribution in [-0.4, -0.2) is 36.6 Å². The van der Waals surface area contributed by atoms with Gasteiger partial charge >= 0.3 is 0 Å². The van der Waals surface area contributed by atoms with Crippen LogP contribution in [0.1, 0.15) is 53.4 Å². The highest BCUT2D eigenvalue weighted by atomic mass is 15.2. The third-order valence-electron chi connectivity index (χ3n) is 4.61. The molecule has 0 bridgehead atoms. The number of nitrogens with zero attached hydrogens (tertiary/aromatic N) is 1. The van der Waals surface area contributed by atoms with Crippen LogP contribution < -0.4 is 5.32 Å². The molecule has 0 heterocycles. The van der Waals surface area contributed by atoms with Gasteiger partial charge in [-0.25, -0.2) is 0 Å². The molecule has 0 aromatic rings. The number of nitrogens with one attached hydrogen (secondary N) is 1. The Morgan fingerprint density at radius 2 is 1.94 bits per heavy atom. The summed E-state index contributed by atoms with van der Waals surface area (Å²) in [6, 6.07) is 1.67. The lowest BCUT2D eigenvalue weighted by Crippen LogP contribution is -2.39. The minimum absolute atomic E-state index is 0.554. The predicted molar refractivity (Wildman–Crippen MR) is 74.2 cm³/mol. The van der Waals surface area contributed by atoms with E-state index in [1.165, 1.54) is 45.3 Å². The van der Waals surface area contributed by atoms with Crippen LogP contribution >= 0.6 is 0 Å². The van der Waals surface area contributed by atoms with E-state index in [0.29, 0.717) is 5.41 Å². The molecule has 0 saturated heterocycles. The zero-order valence-corrected chi connectivity index (χ0v) is 12.1. The largest absolute Gasteiger partial charge is 0.312 e. The highest BCUT2D eigenvalue weighted by molar-refractivity contribution is 4.91. The zero-order chi connectivity index (χ0) is 12.5. The molecule has 2 nitrogen and oxygen atoms in total. The van der Waals surface area contributed by atoms with Gasteiger partial charge in [-0.1, -0.05) is 27.7 Å². The van der Waals surface area contributed by atoms with Crippen molar-refractivity contribution in [3.8, 4) is 0 Å². The third-order valence-corrected chi connectivity index (χ3v) is 4.61. The highest BCUT2D eigenvalue weighted by Crippen LogP contribution is 2.40. The first-order valence-corrected chi connectivity index (χ1v) is 7.49. The Bertz CT molecular complexity index is 245. The van der Waals surface area contributed by atoms with Crippen LogP contribution in [0.3, 0.4) is 0 Å². The maximum absolute atomic E-state index is 3.79. The summed E-state index contributed by atoms with van der Waals surface area (Å²) < 4.78 is 0. The first-order chi connectivity index (χ1) is 8.02. The summed E-state index contributed by atoms with van der Waals surface area (Å²) in [7, 11) is 0. The fraction of sp³-hybridized carbons (Fsp3) is 1.00. The van der Waals surface area contributed by atoms with Crippen LogP contribution in [0.15, 0.2) is 0 Å². The van der Waals surface area contributed by atoms with Gasteiger partial charge in [-0.05, 0) is 43.6 Å². The van der Waals surface area contributed by atoms with E-state index >= 15 is 0 Å². The summed E-state index contributed by atoms with van der Waals surface area (Å²) in [4.78, 5) is 2.64. The molecule has 0 aromatic heterocycles. The van der Waals surface area contributed by atoms with Crippen molar-refractivity contribution in [3.63, 3.8) is 0 Å². The summed E-state index contributed by atoms with van der Waals surface area (Å²) in [6.07, 6.45) is 5.59. The van der Waals surface area contributed by atoms with E-state index in [1.54, 1.807) is 0 Å². The van der Waals surface area contributed by atoms with Crippen molar-refractivity contribution in [3.05, 3.63) is 0 Å². The van der Waals surface area contributed by atoms with Gasteiger partial charge in [-0.2, -0.15) is 0 Å². The zero-order valence-electron chi connectivity index (χ0n) is 12.1. The van der Waals surface area contributed by atoms with Gasteiger partial charge in [0.05, 0.1) is 0 Å². The molecule has 1 N–H and O–H groups in total. The van der Waals surface area contributed by atoms with Gasteiger partial charge in [0.15, 0.2) is 0 Å². The molecule has 100 valence electrons. The van der Waals surface area contributed by atoms with E-state index in [-0.39, 0.29) is 0 Å². The van der Waals surface area contributed by atoms with Crippen LogP contribution in [0.25, 0.3) is 0 Å². The summed E-state index contributed by atoms with van der Waals surface area (Å²) in [5.41, 5.74) is 0.554. The van der Waals surface area contributed by atoms with E-state index in [9.17, 15) is 0 Å². The van der Waals surface area contributed by atoms with Crippen molar-refractivity contribution in [2.75, 3.05) is 19.6 Å². The van der Waals surface area contributed by atoms with Crippen molar-refractivity contribution in [1.82, 2.24) is 10.2 Å². The van der Waals surface area contributed by atoms with Crippen LogP contribution in [0.4, 0.5) is 0 Å². The average Bonchev–Trinajstić information content (AvgIpc) is 3.01. The average molecular weight is 238 g/mol. The fourth-order valence-electron chi connectivity index (χ4n) is 3.60. The molecule has 2 atom stereocenters. The van der Waals surface area contributed by atoms with E-state index in [1.807, 2.05) is 0 Å². The van der Waals surface area contributed by atoms with Gasteiger partial charge < -0.3 is 5.32 Å². The molecule has 2 fully saturated rings. The molecule has 0 amide bonds. The van der Waals surface area contributed by atoms with Crippen molar-refractivity contribution < 1.29 is 0 Å². The maximum Gasteiger partial charge on any atom is 0.0110 e. The van der Waals surface area contributed by atoms with E-state index in [0.717, 1.165) is 18.0 Å². The lowest BCUT2D eigenvalue weighted by atomic mass is 9.91. The topological polar surface area (TPSA) is 15.3 Å². The normalized spacial score (nSPS) is 32.3. The number of hydrogen-bond acceptors (Lipinski definition) is 2. The van der Waals surface area contributed by atoms with Crippen LogP contribution in [0.5, 0.6) is 0 Å². The van der Waals surface area contributed by atoms with Gasteiger partial charge in [0.2, 0.25) is 0 Å². The summed E-state index contributed by atoms with van der Waals surface area (Å²) in [6.45, 7) is 13.2. The first-order valence-electron chi connectivity index (χ1n) is 7.49. The molecular weight excluding hydrogens is 208 g/mol. The molecule has 0 spiro atoms. The van der Waals surface area contributed by atoms with Crippen molar-refractivity contribution in [2.45, 2.75) is 65.5 Å². The van der Waals surface area contributed by atoms with Crippen molar-refractivity contribution in [1.29, 1.82) is 0 Å². The Morgan fingerprint density at radius 3 is 2.41 bits per heavy atom. The second-order valence-corrected chi connectivity index (χ2v) is 6.97. The first kappa shape index (κ1) is 13.4. The second kappa shape index (κ2) is 5.27. The molecule has 2 rings (SSSR count). The Kier molecular flexibility index (Phi) is 4.14. The van der Waals surface area contributed by atoms with Gasteiger partial charge in [0, 0.05) is 25.2 Å². The van der Waals surface area contributed by atoms with E-state index in [2.05, 4.69) is 37.9 Å². The van der Waals surface area contributed by atoms with Gasteiger partial charge in [0.25, 0.3) is 0 Å². The molecule has 0 aliphatic heterocycles. The number of likely N-dealkylation sites (N-methyl/N-ethyl adjacent to an activating group) is 1. The molecule has 2 unspecified atom stereocenters. The smallest absolute Gasteiger partial charge is 0.0110 e. The summed E-state index contributed by atoms with van der Waals surface area (Å²) in [5, 5.41) is 3.79. The predicted octanol–water partition coefficient (Wildman–Crippen LogP) is 2.89. The summed E-state index contributed by atoms with van der Waals surface area (Å²) in [5.74, 6) is 0.848. The Morgan fingerprint density at radius 1 is 1.24 bits per heavy atom. The van der Waals surface area contributed by atoms with Crippen molar-refractivity contribution in [2.24, 2.45) is 11.3 Å². The lowest BCUT2D eigenvalue weighted by molar-refractivity contribution is 0.266. The van der Waals surface area contributed by atoms with Crippen LogP contribution in [0.2, 0.25) is 0 Å². The monoisotopic (exact) mass is 238 g/mol. The number of rotatable bonds is 6. The highest BCUT2D eigenvalue weighted by Gasteiger charge is 2.36. The second-order valence-electron chi connectivity index (χ2n) is 6.97. The fourth-order valence-corrected chi connectivity index (χ4v) is 3.60. The standard InChI is InChI=1S/C15H30N2/c1-5-17(13-6-7-13)9-8-16-14-11-15(3,4)10-12(14)2/h12-14,16H,5-11H2,1-4H3. The quantitative estimate of drug-likeness (QED) is 0.765. The van der Waals surface area contributed by atoms with Crippen LogP contribution in [-0.2, 0) is 0 Å². The van der Waals surface area contributed by atoms with E-state index in [4.69, 9.17) is 0 Å². The molecule has 0 radical (unpaired) electrons. The maximum atomic E-state index is 3.79. The Labute approximate surface area is 107 Å². The molecule has 2 aliphatic carbocycles. The number of hydrogen-bond donors (Lipinski definition) is 1. The SMILES string of the molecule is CCN(CCNC1CC(C)(C)CC1C)C1CC1. The molecule has 2 heteroatoms. The molecule has 2 saturated carbocycles. The minimum atomic E-state index is 0.554. The Hall–Kier alpha value is -0.0800. The lowest BCUT2D eigenvalue weighted by Gasteiger charge is -2.23.